The second-order valence-corrected chi connectivity index (χ2v) is 18.8. The molecule has 3 aliphatic heterocycles. The molecule has 60 heavy (non-hydrogen) atoms. The zero-order valence-corrected chi connectivity index (χ0v) is 36.9. The number of H-pyrrole nitrogens is 1. The Morgan fingerprint density at radius 1 is 0.783 bits per heavy atom. The first-order chi connectivity index (χ1) is 28.1. The number of aromatic nitrogens is 2. The first-order valence-electron chi connectivity index (χ1n) is 20.7. The van der Waals surface area contributed by atoms with E-state index in [0.29, 0.717) is 36.5 Å². The zero-order chi connectivity index (χ0) is 43.7. The lowest BCUT2D eigenvalue weighted by Gasteiger charge is -2.28. The SMILES string of the molecule is COC(=O)c1cc(C2=CN=C([C@@H]3CCCN3C(=O)OC(C)(C)C)C2)ccc1-c1ccc(-c2cnc([C@@H]3CCCN3C(=O)OC(C)(C)C)[nH]2)cc1CN(C)C(=O)OC(C)(C)C. The van der Waals surface area contributed by atoms with E-state index in [4.69, 9.17) is 28.9 Å². The molecule has 14 nitrogen and oxygen atoms in total. The summed E-state index contributed by atoms with van der Waals surface area (Å²) in [4.78, 5) is 70.9. The van der Waals surface area contributed by atoms with Crippen molar-refractivity contribution in [2.45, 2.75) is 130 Å². The minimum absolute atomic E-state index is 0.161. The Balaban J connectivity index is 1.31. The number of nitrogens with one attached hydrogen (secondary N) is 1. The zero-order valence-electron chi connectivity index (χ0n) is 36.9. The fraction of sp³-hybridized carbons (Fsp3) is 0.522. The minimum Gasteiger partial charge on any atom is -0.465 e. The lowest BCUT2D eigenvalue weighted by Crippen LogP contribution is -2.43. The number of allylic oxidation sites excluding steroid dienone is 1. The van der Waals surface area contributed by atoms with Crippen LogP contribution < -0.4 is 0 Å². The summed E-state index contributed by atoms with van der Waals surface area (Å²) in [6.45, 7) is 17.9. The topological polar surface area (TPSA) is 156 Å². The number of rotatable bonds is 8. The molecule has 0 saturated carbocycles. The molecular formula is C46H60N6O8. The van der Waals surface area contributed by atoms with Gasteiger partial charge in [-0.05, 0) is 134 Å². The molecule has 2 aromatic carbocycles. The van der Waals surface area contributed by atoms with Gasteiger partial charge in [-0.25, -0.2) is 24.2 Å². The van der Waals surface area contributed by atoms with Crippen LogP contribution in [0.25, 0.3) is 28.0 Å². The quantitative estimate of drug-likeness (QED) is 0.173. The molecule has 0 bridgehead atoms. The second kappa shape index (κ2) is 17.1. The van der Waals surface area contributed by atoms with E-state index >= 15 is 0 Å². The molecule has 14 heteroatoms. The van der Waals surface area contributed by atoms with Gasteiger partial charge in [-0.3, -0.25) is 14.8 Å². The summed E-state index contributed by atoms with van der Waals surface area (Å²) in [5.74, 6) is 0.144. The highest BCUT2D eigenvalue weighted by Crippen LogP contribution is 2.38. The van der Waals surface area contributed by atoms with Gasteiger partial charge in [0.1, 0.15) is 22.6 Å². The number of hydrogen-bond acceptors (Lipinski definition) is 10. The summed E-state index contributed by atoms with van der Waals surface area (Å²) in [5.41, 5.74) is 4.66. The summed E-state index contributed by atoms with van der Waals surface area (Å²) in [5, 5.41) is 0. The van der Waals surface area contributed by atoms with Crippen molar-refractivity contribution in [3.63, 3.8) is 0 Å². The maximum Gasteiger partial charge on any atom is 0.410 e. The Hall–Kier alpha value is -5.66. The molecule has 0 radical (unpaired) electrons. The fourth-order valence-corrected chi connectivity index (χ4v) is 7.80. The van der Waals surface area contributed by atoms with Crippen molar-refractivity contribution in [1.29, 1.82) is 0 Å². The lowest BCUT2D eigenvalue weighted by molar-refractivity contribution is 0.0215. The van der Waals surface area contributed by atoms with Crippen molar-refractivity contribution in [3.8, 4) is 22.4 Å². The van der Waals surface area contributed by atoms with E-state index in [0.717, 1.165) is 64.9 Å². The van der Waals surface area contributed by atoms with E-state index < -0.39 is 28.9 Å². The van der Waals surface area contributed by atoms with Crippen molar-refractivity contribution in [2.75, 3.05) is 27.2 Å². The summed E-state index contributed by atoms with van der Waals surface area (Å²) >= 11 is 0. The van der Waals surface area contributed by atoms with Crippen LogP contribution in [0.2, 0.25) is 0 Å². The number of aliphatic imine (C=N–C) groups is 1. The summed E-state index contributed by atoms with van der Waals surface area (Å²) < 4.78 is 22.4. The average Bonchev–Trinajstić information content (AvgIpc) is 3.99. The van der Waals surface area contributed by atoms with Crippen molar-refractivity contribution >= 4 is 35.5 Å². The largest absolute Gasteiger partial charge is 0.465 e. The third kappa shape index (κ3) is 10.4. The van der Waals surface area contributed by atoms with Gasteiger partial charge in [0.15, 0.2) is 0 Å². The Labute approximate surface area is 353 Å². The number of amides is 3. The number of aromatic amines is 1. The number of esters is 1. The maximum absolute atomic E-state index is 13.6. The van der Waals surface area contributed by atoms with Gasteiger partial charge in [0, 0.05) is 45.0 Å². The molecular weight excluding hydrogens is 765 g/mol. The van der Waals surface area contributed by atoms with Gasteiger partial charge >= 0.3 is 24.2 Å². The smallest absolute Gasteiger partial charge is 0.410 e. The van der Waals surface area contributed by atoms with Crippen molar-refractivity contribution < 1.29 is 38.1 Å². The number of carbonyl (C=O) groups is 4. The van der Waals surface area contributed by atoms with Crippen LogP contribution in [0.1, 0.15) is 128 Å². The van der Waals surface area contributed by atoms with Crippen LogP contribution in [0, 0.1) is 0 Å². The number of likely N-dealkylation sites (tertiary alicyclic amines) is 2. The molecule has 3 amide bonds. The van der Waals surface area contributed by atoms with E-state index in [1.165, 1.54) is 12.0 Å². The number of methoxy groups -OCH3 is 1. The van der Waals surface area contributed by atoms with E-state index in [9.17, 15) is 19.2 Å². The number of ether oxygens (including phenoxy) is 4. The number of carbonyl (C=O) groups excluding carboxylic acids is 4. The van der Waals surface area contributed by atoms with Gasteiger partial charge in [-0.15, -0.1) is 0 Å². The van der Waals surface area contributed by atoms with Gasteiger partial charge in [-0.2, -0.15) is 0 Å². The lowest BCUT2D eigenvalue weighted by atomic mass is 9.90. The fourth-order valence-electron chi connectivity index (χ4n) is 7.80. The number of nitrogens with zero attached hydrogens (tertiary/aromatic N) is 5. The van der Waals surface area contributed by atoms with Crippen LogP contribution in [0.15, 0.2) is 53.8 Å². The summed E-state index contributed by atoms with van der Waals surface area (Å²) in [6, 6.07) is 11.1. The van der Waals surface area contributed by atoms with Crippen LogP contribution in [0.5, 0.6) is 0 Å². The molecule has 2 saturated heterocycles. The molecule has 0 aliphatic carbocycles. The molecule has 0 spiro atoms. The third-order valence-corrected chi connectivity index (χ3v) is 10.4. The summed E-state index contributed by atoms with van der Waals surface area (Å²) in [6.07, 6.45) is 6.10. The Morgan fingerprint density at radius 2 is 1.37 bits per heavy atom. The number of hydrogen-bond donors (Lipinski definition) is 1. The van der Waals surface area contributed by atoms with Gasteiger partial charge < -0.3 is 28.8 Å². The normalized spacial score (nSPS) is 18.2. The standard InChI is InChI=1S/C46H60N6O8/c1-44(2,3)58-41(54)50(10)27-31-22-29(36-26-48-39(49-36)38-15-13-21-52(38)43(56)60-46(7,8)9)17-18-32(31)33-19-16-28(23-34(33)40(53)57-11)30-24-35(47-25-30)37-14-12-20-51(37)42(55)59-45(4,5)6/h16-19,22-23,25-26,37-38H,12-15,20-21,24,27H2,1-11H3,(H,48,49)/t37-,38-/m0/s1. The molecule has 2 fully saturated rings. The maximum atomic E-state index is 13.6. The van der Waals surface area contributed by atoms with Crippen LogP contribution in [0.3, 0.4) is 0 Å². The van der Waals surface area contributed by atoms with Crippen molar-refractivity contribution in [1.82, 2.24) is 24.7 Å². The molecule has 4 heterocycles. The van der Waals surface area contributed by atoms with Crippen LogP contribution in [0.4, 0.5) is 14.4 Å². The molecule has 322 valence electrons. The minimum atomic E-state index is -0.700. The van der Waals surface area contributed by atoms with Crippen molar-refractivity contribution in [3.05, 3.63) is 71.3 Å². The molecule has 6 rings (SSSR count). The van der Waals surface area contributed by atoms with Gasteiger partial charge in [0.05, 0.1) is 36.6 Å². The molecule has 3 aromatic rings. The Bertz CT molecular complexity index is 2190. The highest BCUT2D eigenvalue weighted by Gasteiger charge is 2.37. The van der Waals surface area contributed by atoms with Crippen molar-refractivity contribution in [2.24, 2.45) is 4.99 Å². The first kappa shape index (κ1) is 43.9. The van der Waals surface area contributed by atoms with Gasteiger partial charge in [-0.1, -0.05) is 24.3 Å². The van der Waals surface area contributed by atoms with E-state index in [1.54, 1.807) is 23.0 Å². The van der Waals surface area contributed by atoms with E-state index in [1.807, 2.05) is 105 Å². The first-order valence-corrected chi connectivity index (χ1v) is 20.7. The Morgan fingerprint density at radius 3 is 1.98 bits per heavy atom. The predicted molar refractivity (Wildman–Crippen MR) is 229 cm³/mol. The highest BCUT2D eigenvalue weighted by molar-refractivity contribution is 6.04. The van der Waals surface area contributed by atoms with Gasteiger partial charge in [0.25, 0.3) is 0 Å². The summed E-state index contributed by atoms with van der Waals surface area (Å²) in [7, 11) is 3.03. The van der Waals surface area contributed by atoms with E-state index in [-0.39, 0.29) is 30.8 Å². The van der Waals surface area contributed by atoms with E-state index in [2.05, 4.69) is 4.98 Å². The molecule has 1 N–H and O–H groups in total. The molecule has 1 aromatic heterocycles. The van der Waals surface area contributed by atoms with Gasteiger partial charge in [0.2, 0.25) is 0 Å². The monoisotopic (exact) mass is 824 g/mol. The van der Waals surface area contributed by atoms with Crippen LogP contribution in [-0.2, 0) is 25.5 Å². The average molecular weight is 825 g/mol. The number of imidazole rings is 1. The second-order valence-electron chi connectivity index (χ2n) is 18.8. The number of benzene rings is 2. The van der Waals surface area contributed by atoms with Crippen LogP contribution in [-0.4, -0.2) is 105 Å². The molecule has 0 unspecified atom stereocenters. The third-order valence-electron chi connectivity index (χ3n) is 10.4. The molecule has 2 atom stereocenters. The predicted octanol–water partition coefficient (Wildman–Crippen LogP) is 9.55. The Kier molecular flexibility index (Phi) is 12.5. The molecule has 3 aliphatic rings. The van der Waals surface area contributed by atoms with Crippen LogP contribution >= 0.6 is 0 Å². The highest BCUT2D eigenvalue weighted by atomic mass is 16.6.